The highest BCUT2D eigenvalue weighted by atomic mass is 16.5. The largest absolute Gasteiger partial charge is 0.373 e. The van der Waals surface area contributed by atoms with Gasteiger partial charge in [0.25, 0.3) is 11.5 Å². The van der Waals surface area contributed by atoms with Crippen molar-refractivity contribution in [1.82, 2.24) is 15.0 Å². The normalized spacial score (nSPS) is 19.4. The summed E-state index contributed by atoms with van der Waals surface area (Å²) in [7, 11) is 0. The van der Waals surface area contributed by atoms with Crippen LogP contribution >= 0.6 is 0 Å². The van der Waals surface area contributed by atoms with Crippen LogP contribution in [-0.4, -0.2) is 47.8 Å². The van der Waals surface area contributed by atoms with Crippen molar-refractivity contribution in [2.75, 3.05) is 26.2 Å². The van der Waals surface area contributed by atoms with Gasteiger partial charge in [0.1, 0.15) is 5.76 Å². The van der Waals surface area contributed by atoms with Gasteiger partial charge in [-0.05, 0) is 52.6 Å². The Morgan fingerprint density at radius 2 is 2.33 bits per heavy atom. The molecule has 0 aromatic carbocycles. The molecule has 6 nitrogen and oxygen atoms in total. The molecule has 6 heteroatoms. The van der Waals surface area contributed by atoms with Gasteiger partial charge in [-0.3, -0.25) is 14.5 Å². The van der Waals surface area contributed by atoms with Gasteiger partial charge < -0.3 is 9.84 Å². The molecule has 1 unspecified atom stereocenters. The number of hydrogen-bond acceptors (Lipinski definition) is 5. The van der Waals surface area contributed by atoms with Crippen molar-refractivity contribution < 1.29 is 9.32 Å². The minimum absolute atomic E-state index is 0.209. The first-order chi connectivity index (χ1) is 9.97. The standard InChI is InChI=1S/C15H25N3O3/c1-11(2)17(9-13-5-4-6-16-8-13)10-15(20)18-14(19)7-12(3)21-18/h7,11,13,16H,4-6,8-10H2,1-3H3. The average molecular weight is 295 g/mol. The molecule has 0 amide bonds. The van der Waals surface area contributed by atoms with Gasteiger partial charge in [-0.25, -0.2) is 0 Å². The Bertz CT molecular complexity index is 527. The molecule has 0 saturated carbocycles. The Morgan fingerprint density at radius 1 is 1.57 bits per heavy atom. The number of nitrogens with zero attached hydrogens (tertiary/aromatic N) is 2. The minimum atomic E-state index is -0.388. The highest BCUT2D eigenvalue weighted by Gasteiger charge is 2.22. The van der Waals surface area contributed by atoms with Crippen LogP contribution in [0.5, 0.6) is 0 Å². The third-order valence-corrected chi connectivity index (χ3v) is 3.95. The minimum Gasteiger partial charge on any atom is -0.373 e. The highest BCUT2D eigenvalue weighted by Crippen LogP contribution is 2.13. The smallest absolute Gasteiger partial charge is 0.290 e. The van der Waals surface area contributed by atoms with Gasteiger partial charge in [0, 0.05) is 18.7 Å². The zero-order chi connectivity index (χ0) is 15.4. The van der Waals surface area contributed by atoms with Crippen molar-refractivity contribution in [3.05, 3.63) is 22.2 Å². The first kappa shape index (κ1) is 16.0. The average Bonchev–Trinajstić information content (AvgIpc) is 2.78. The van der Waals surface area contributed by atoms with Crippen LogP contribution in [0.3, 0.4) is 0 Å². The summed E-state index contributed by atoms with van der Waals surface area (Å²) < 4.78 is 6.03. The van der Waals surface area contributed by atoms with E-state index in [0.717, 1.165) is 24.4 Å². The fourth-order valence-electron chi connectivity index (χ4n) is 2.73. The molecule has 1 N–H and O–H groups in total. The second-order valence-corrected chi connectivity index (χ2v) is 6.11. The Kier molecular flexibility index (Phi) is 5.36. The quantitative estimate of drug-likeness (QED) is 0.881. The Morgan fingerprint density at radius 3 is 2.86 bits per heavy atom. The number of piperidine rings is 1. The number of carbonyl (C=O) groups excluding carboxylic acids is 1. The molecule has 1 aromatic rings. The molecule has 1 aromatic heterocycles. The summed E-state index contributed by atoms with van der Waals surface area (Å²) >= 11 is 0. The van der Waals surface area contributed by atoms with Crippen LogP contribution in [-0.2, 0) is 0 Å². The molecule has 1 saturated heterocycles. The molecular formula is C15H25N3O3. The molecule has 0 spiro atoms. The predicted octanol–water partition coefficient (Wildman–Crippen LogP) is 1.10. The van der Waals surface area contributed by atoms with E-state index in [-0.39, 0.29) is 24.1 Å². The van der Waals surface area contributed by atoms with Crippen LogP contribution in [0.25, 0.3) is 0 Å². The van der Waals surface area contributed by atoms with E-state index in [1.54, 1.807) is 6.92 Å². The van der Waals surface area contributed by atoms with E-state index >= 15 is 0 Å². The topological polar surface area (TPSA) is 67.5 Å². The third kappa shape index (κ3) is 4.28. The third-order valence-electron chi connectivity index (χ3n) is 3.95. The fourth-order valence-corrected chi connectivity index (χ4v) is 2.73. The molecule has 118 valence electrons. The van der Waals surface area contributed by atoms with E-state index in [9.17, 15) is 9.59 Å². The Labute approximate surface area is 125 Å². The number of nitrogens with one attached hydrogen (secondary N) is 1. The summed E-state index contributed by atoms with van der Waals surface area (Å²) in [5.41, 5.74) is -0.388. The van der Waals surface area contributed by atoms with E-state index in [2.05, 4.69) is 24.1 Å². The van der Waals surface area contributed by atoms with Crippen LogP contribution in [0.4, 0.5) is 0 Å². The maximum atomic E-state index is 12.2. The van der Waals surface area contributed by atoms with Crippen LogP contribution in [0.1, 0.15) is 37.2 Å². The van der Waals surface area contributed by atoms with E-state index in [1.165, 1.54) is 18.9 Å². The second-order valence-electron chi connectivity index (χ2n) is 6.11. The Hall–Kier alpha value is -1.40. The van der Waals surface area contributed by atoms with Gasteiger partial charge in [0.05, 0.1) is 6.54 Å². The summed E-state index contributed by atoms with van der Waals surface area (Å²) in [6.07, 6.45) is 2.37. The molecule has 0 radical (unpaired) electrons. The zero-order valence-corrected chi connectivity index (χ0v) is 13.1. The van der Waals surface area contributed by atoms with Crippen LogP contribution < -0.4 is 10.9 Å². The van der Waals surface area contributed by atoms with Crippen molar-refractivity contribution in [3.63, 3.8) is 0 Å². The monoisotopic (exact) mass is 295 g/mol. The van der Waals surface area contributed by atoms with Gasteiger partial charge in [0.2, 0.25) is 0 Å². The van der Waals surface area contributed by atoms with Crippen LogP contribution in [0, 0.1) is 12.8 Å². The highest BCUT2D eigenvalue weighted by molar-refractivity contribution is 5.79. The summed E-state index contributed by atoms with van der Waals surface area (Å²) in [4.78, 5) is 26.0. The summed E-state index contributed by atoms with van der Waals surface area (Å²) in [5, 5.41) is 3.39. The van der Waals surface area contributed by atoms with Gasteiger partial charge >= 0.3 is 0 Å². The lowest BCUT2D eigenvalue weighted by Gasteiger charge is -2.32. The number of rotatable bonds is 5. The van der Waals surface area contributed by atoms with E-state index in [1.807, 2.05) is 0 Å². The van der Waals surface area contributed by atoms with E-state index in [4.69, 9.17) is 4.52 Å². The summed E-state index contributed by atoms with van der Waals surface area (Å²) in [5.74, 6) is 0.718. The maximum Gasteiger partial charge on any atom is 0.290 e. The van der Waals surface area contributed by atoms with Gasteiger partial charge in [-0.1, -0.05) is 0 Å². The molecule has 0 bridgehead atoms. The number of aromatic nitrogens is 1. The second kappa shape index (κ2) is 7.04. The lowest BCUT2D eigenvalue weighted by molar-refractivity contribution is 0.0666. The molecule has 1 atom stereocenters. The molecule has 0 aliphatic carbocycles. The molecule has 2 rings (SSSR count). The summed E-state index contributed by atoms with van der Waals surface area (Å²) in [6, 6.07) is 1.59. The maximum absolute atomic E-state index is 12.2. The van der Waals surface area contributed by atoms with Crippen LogP contribution in [0.2, 0.25) is 0 Å². The van der Waals surface area contributed by atoms with E-state index in [0.29, 0.717) is 11.7 Å². The predicted molar refractivity (Wildman–Crippen MR) is 80.6 cm³/mol. The zero-order valence-electron chi connectivity index (χ0n) is 13.1. The molecule has 1 aliphatic heterocycles. The Balaban J connectivity index is 2.00. The number of hydrogen-bond donors (Lipinski definition) is 1. The lowest BCUT2D eigenvalue weighted by Crippen LogP contribution is -2.45. The molecule has 21 heavy (non-hydrogen) atoms. The summed E-state index contributed by atoms with van der Waals surface area (Å²) in [6.45, 7) is 8.96. The van der Waals surface area contributed by atoms with E-state index < -0.39 is 0 Å². The fraction of sp³-hybridized carbons (Fsp3) is 0.733. The molecule has 2 heterocycles. The molecule has 1 aliphatic rings. The van der Waals surface area contributed by atoms with Crippen LogP contribution in [0.15, 0.2) is 15.4 Å². The first-order valence-electron chi connectivity index (χ1n) is 7.65. The molecule has 1 fully saturated rings. The van der Waals surface area contributed by atoms with Crippen molar-refractivity contribution in [3.8, 4) is 0 Å². The van der Waals surface area contributed by atoms with Gasteiger partial charge in [-0.2, -0.15) is 0 Å². The molecular weight excluding hydrogens is 270 g/mol. The van der Waals surface area contributed by atoms with Gasteiger partial charge in [-0.15, -0.1) is 4.74 Å². The first-order valence-corrected chi connectivity index (χ1v) is 7.65. The van der Waals surface area contributed by atoms with Gasteiger partial charge in [0.15, 0.2) is 0 Å². The van der Waals surface area contributed by atoms with Crippen molar-refractivity contribution >= 4 is 5.91 Å². The van der Waals surface area contributed by atoms with Crippen molar-refractivity contribution in [2.45, 2.75) is 39.7 Å². The van der Waals surface area contributed by atoms with Crippen molar-refractivity contribution in [2.24, 2.45) is 5.92 Å². The number of carbonyl (C=O) groups is 1. The van der Waals surface area contributed by atoms with Crippen molar-refractivity contribution in [1.29, 1.82) is 0 Å². The number of aryl methyl sites for hydroxylation is 1. The lowest BCUT2D eigenvalue weighted by atomic mass is 9.98. The SMILES string of the molecule is Cc1cc(=O)n(C(=O)CN(CC2CCCNC2)C(C)C)o1.